The number of carbonyl (C=O) groups is 1. The van der Waals surface area contributed by atoms with E-state index in [2.05, 4.69) is 6.92 Å². The minimum Gasteiger partial charge on any atom is -0.469 e. The van der Waals surface area contributed by atoms with Crippen molar-refractivity contribution in [3.63, 3.8) is 0 Å². The number of hydrogen-bond donors (Lipinski definition) is 0. The zero-order valence-corrected chi connectivity index (χ0v) is 8.45. The molecule has 0 N–H and O–H groups in total. The summed E-state index contributed by atoms with van der Waals surface area (Å²) in [6, 6.07) is 0. The van der Waals surface area contributed by atoms with Gasteiger partial charge in [-0.05, 0) is 37.0 Å². The molecule has 0 heterocycles. The summed E-state index contributed by atoms with van der Waals surface area (Å²) in [6.07, 6.45) is 5.08. The monoisotopic (exact) mass is 182 g/mol. The van der Waals surface area contributed by atoms with Crippen LogP contribution in [0.25, 0.3) is 0 Å². The molecule has 4 atom stereocenters. The Bertz CT molecular complexity index is 212. The normalized spacial score (nSPS) is 43.2. The molecule has 2 aliphatic carbocycles. The molecule has 2 rings (SSSR count). The standard InChI is InChI=1S/C11H18O2/c1-7-5-8-3-4-9(6-8)10(7)11(12)13-2/h7-10H,3-6H2,1-2H3/t7-,8+,9?,10?/m1/s1. The Hall–Kier alpha value is -0.530. The summed E-state index contributed by atoms with van der Waals surface area (Å²) in [5.41, 5.74) is 0. The summed E-state index contributed by atoms with van der Waals surface area (Å²) in [7, 11) is 1.51. The molecule has 13 heavy (non-hydrogen) atoms. The van der Waals surface area contributed by atoms with Gasteiger partial charge < -0.3 is 4.74 Å². The van der Waals surface area contributed by atoms with Crippen LogP contribution in [0.2, 0.25) is 0 Å². The van der Waals surface area contributed by atoms with Crippen LogP contribution in [0.1, 0.15) is 32.6 Å². The second-order valence-electron chi connectivity index (χ2n) is 4.70. The van der Waals surface area contributed by atoms with Crippen molar-refractivity contribution >= 4 is 5.97 Å². The number of fused-ring (bicyclic) bond motifs is 2. The van der Waals surface area contributed by atoms with Gasteiger partial charge in [-0.2, -0.15) is 0 Å². The lowest BCUT2D eigenvalue weighted by Gasteiger charge is -2.32. The van der Waals surface area contributed by atoms with Crippen LogP contribution in [0.3, 0.4) is 0 Å². The lowest BCUT2D eigenvalue weighted by molar-refractivity contribution is -0.150. The number of esters is 1. The summed E-state index contributed by atoms with van der Waals surface area (Å²) in [4.78, 5) is 11.5. The highest BCUT2D eigenvalue weighted by molar-refractivity contribution is 5.73. The highest BCUT2D eigenvalue weighted by Crippen LogP contribution is 2.48. The largest absolute Gasteiger partial charge is 0.469 e. The Morgan fingerprint density at radius 2 is 2.08 bits per heavy atom. The molecule has 0 aromatic rings. The van der Waals surface area contributed by atoms with Gasteiger partial charge in [0, 0.05) is 0 Å². The third-order valence-corrected chi connectivity index (χ3v) is 3.88. The van der Waals surface area contributed by atoms with E-state index in [0.29, 0.717) is 11.8 Å². The third kappa shape index (κ3) is 1.47. The summed E-state index contributed by atoms with van der Waals surface area (Å²) >= 11 is 0. The number of hydrogen-bond acceptors (Lipinski definition) is 2. The lowest BCUT2D eigenvalue weighted by atomic mass is 9.73. The van der Waals surface area contributed by atoms with Crippen molar-refractivity contribution in [1.82, 2.24) is 0 Å². The van der Waals surface area contributed by atoms with E-state index in [1.807, 2.05) is 0 Å². The Labute approximate surface area is 79.7 Å². The molecule has 2 aliphatic rings. The van der Waals surface area contributed by atoms with Crippen molar-refractivity contribution in [3.05, 3.63) is 0 Å². The minimum absolute atomic E-state index is 0.0258. The van der Waals surface area contributed by atoms with Crippen LogP contribution in [-0.2, 0) is 9.53 Å². The van der Waals surface area contributed by atoms with Crippen molar-refractivity contribution in [2.45, 2.75) is 32.6 Å². The third-order valence-electron chi connectivity index (χ3n) is 3.88. The molecule has 0 aromatic heterocycles. The van der Waals surface area contributed by atoms with E-state index in [1.165, 1.54) is 32.8 Å². The quantitative estimate of drug-likeness (QED) is 0.581. The predicted molar refractivity (Wildman–Crippen MR) is 50.1 cm³/mol. The Balaban J connectivity index is 2.11. The van der Waals surface area contributed by atoms with Crippen molar-refractivity contribution < 1.29 is 9.53 Å². The van der Waals surface area contributed by atoms with Gasteiger partial charge in [0.15, 0.2) is 0 Å². The van der Waals surface area contributed by atoms with Crippen molar-refractivity contribution in [1.29, 1.82) is 0 Å². The molecular formula is C11H18O2. The topological polar surface area (TPSA) is 26.3 Å². The number of ether oxygens (including phenoxy) is 1. The first kappa shape index (κ1) is 9.04. The molecule has 0 spiro atoms. The Morgan fingerprint density at radius 1 is 1.31 bits per heavy atom. The van der Waals surface area contributed by atoms with Crippen molar-refractivity contribution in [2.24, 2.45) is 23.7 Å². The van der Waals surface area contributed by atoms with Gasteiger partial charge in [0.25, 0.3) is 0 Å². The Kier molecular flexibility index (Phi) is 2.31. The minimum atomic E-state index is 0.0258. The summed E-state index contributed by atoms with van der Waals surface area (Å²) < 4.78 is 4.87. The molecular weight excluding hydrogens is 164 g/mol. The summed E-state index contributed by atoms with van der Waals surface area (Å²) in [5, 5.41) is 0. The first-order valence-corrected chi connectivity index (χ1v) is 5.30. The molecule has 2 saturated carbocycles. The molecule has 0 aromatic carbocycles. The van der Waals surface area contributed by atoms with Crippen LogP contribution in [0.5, 0.6) is 0 Å². The van der Waals surface area contributed by atoms with Crippen molar-refractivity contribution in [2.75, 3.05) is 7.11 Å². The van der Waals surface area contributed by atoms with Crippen molar-refractivity contribution in [3.8, 4) is 0 Å². The molecule has 2 heteroatoms. The zero-order valence-electron chi connectivity index (χ0n) is 8.45. The highest BCUT2D eigenvalue weighted by atomic mass is 16.5. The van der Waals surface area contributed by atoms with Gasteiger partial charge in [-0.25, -0.2) is 0 Å². The SMILES string of the molecule is COC(=O)C1C2CC[C@H](C2)C[C@H]1C. The van der Waals surface area contributed by atoms with Gasteiger partial charge >= 0.3 is 5.97 Å². The Morgan fingerprint density at radius 3 is 2.77 bits per heavy atom. The maximum atomic E-state index is 11.5. The van der Waals surface area contributed by atoms with Crippen LogP contribution < -0.4 is 0 Å². The fraction of sp³-hybridized carbons (Fsp3) is 0.909. The van der Waals surface area contributed by atoms with E-state index in [4.69, 9.17) is 4.74 Å². The predicted octanol–water partition coefficient (Wildman–Crippen LogP) is 2.23. The molecule has 0 saturated heterocycles. The van der Waals surface area contributed by atoms with Gasteiger partial charge in [0.2, 0.25) is 0 Å². The number of rotatable bonds is 1. The highest BCUT2D eigenvalue weighted by Gasteiger charge is 2.43. The first-order valence-electron chi connectivity index (χ1n) is 5.30. The second kappa shape index (κ2) is 3.32. The lowest BCUT2D eigenvalue weighted by Crippen LogP contribution is -2.33. The van der Waals surface area contributed by atoms with E-state index in [9.17, 15) is 4.79 Å². The number of carbonyl (C=O) groups excluding carboxylic acids is 1. The van der Waals surface area contributed by atoms with Crippen LogP contribution >= 0.6 is 0 Å². The van der Waals surface area contributed by atoms with E-state index < -0.39 is 0 Å². The fourth-order valence-electron chi connectivity index (χ4n) is 3.35. The smallest absolute Gasteiger partial charge is 0.309 e. The van der Waals surface area contributed by atoms with Gasteiger partial charge in [0.1, 0.15) is 0 Å². The van der Waals surface area contributed by atoms with E-state index in [-0.39, 0.29) is 11.9 Å². The second-order valence-corrected chi connectivity index (χ2v) is 4.70. The van der Waals surface area contributed by atoms with Crippen LogP contribution in [0.4, 0.5) is 0 Å². The zero-order chi connectivity index (χ0) is 9.42. The fourth-order valence-corrected chi connectivity index (χ4v) is 3.35. The van der Waals surface area contributed by atoms with Gasteiger partial charge in [-0.15, -0.1) is 0 Å². The average Bonchev–Trinajstić information content (AvgIpc) is 2.48. The van der Waals surface area contributed by atoms with E-state index >= 15 is 0 Å². The maximum absolute atomic E-state index is 11.5. The van der Waals surface area contributed by atoms with Gasteiger partial charge in [-0.3, -0.25) is 4.79 Å². The molecule has 2 unspecified atom stereocenters. The summed E-state index contributed by atoms with van der Waals surface area (Å²) in [5.74, 6) is 2.29. The van der Waals surface area contributed by atoms with E-state index in [0.717, 1.165) is 5.92 Å². The molecule has 0 amide bonds. The molecule has 0 aliphatic heterocycles. The van der Waals surface area contributed by atoms with Gasteiger partial charge in [0.05, 0.1) is 13.0 Å². The molecule has 0 radical (unpaired) electrons. The first-order chi connectivity index (χ1) is 6.22. The molecule has 2 fully saturated rings. The average molecular weight is 182 g/mol. The maximum Gasteiger partial charge on any atom is 0.309 e. The van der Waals surface area contributed by atoms with Gasteiger partial charge in [-0.1, -0.05) is 13.3 Å². The number of methoxy groups -OCH3 is 1. The molecule has 2 bridgehead atoms. The van der Waals surface area contributed by atoms with Crippen LogP contribution in [0, 0.1) is 23.7 Å². The van der Waals surface area contributed by atoms with Crippen LogP contribution in [0.15, 0.2) is 0 Å². The van der Waals surface area contributed by atoms with E-state index in [1.54, 1.807) is 0 Å². The van der Waals surface area contributed by atoms with Crippen LogP contribution in [-0.4, -0.2) is 13.1 Å². The summed E-state index contributed by atoms with van der Waals surface area (Å²) in [6.45, 7) is 2.20. The molecule has 2 nitrogen and oxygen atoms in total. The molecule has 74 valence electrons.